The molecule has 0 saturated carbocycles. The molecule has 1 unspecified atom stereocenters. The van der Waals surface area contributed by atoms with Gasteiger partial charge < -0.3 is 19.7 Å². The van der Waals surface area contributed by atoms with Crippen LogP contribution in [0.1, 0.15) is 46.5 Å². The number of nitrogens with one attached hydrogen (secondary N) is 1. The average molecular weight is 300 g/mol. The third-order valence-electron chi connectivity index (χ3n) is 4.31. The van der Waals surface area contributed by atoms with Crippen LogP contribution < -0.4 is 5.32 Å². The number of likely N-dealkylation sites (N-methyl/N-ethyl adjacent to an activating group) is 1. The van der Waals surface area contributed by atoms with Gasteiger partial charge in [-0.05, 0) is 52.6 Å². The van der Waals surface area contributed by atoms with Gasteiger partial charge in [-0.1, -0.05) is 6.92 Å². The summed E-state index contributed by atoms with van der Waals surface area (Å²) < 4.78 is 10.6. The molecule has 1 heterocycles. The first kappa shape index (κ1) is 18.4. The van der Waals surface area contributed by atoms with Crippen LogP contribution >= 0.6 is 0 Å². The van der Waals surface area contributed by atoms with E-state index in [1.165, 1.54) is 0 Å². The fourth-order valence-corrected chi connectivity index (χ4v) is 2.97. The Bertz CT molecular complexity index is 304. The average Bonchev–Trinajstić information content (AvgIpc) is 2.48. The van der Waals surface area contributed by atoms with E-state index in [1.54, 1.807) is 7.11 Å². The van der Waals surface area contributed by atoms with Crippen molar-refractivity contribution >= 4 is 5.97 Å². The van der Waals surface area contributed by atoms with Crippen molar-refractivity contribution in [1.82, 2.24) is 10.2 Å². The fraction of sp³-hybridized carbons (Fsp3) is 0.938. The number of piperidine rings is 1. The van der Waals surface area contributed by atoms with Gasteiger partial charge in [-0.15, -0.1) is 0 Å². The fourth-order valence-electron chi connectivity index (χ4n) is 2.97. The summed E-state index contributed by atoms with van der Waals surface area (Å²) in [6, 6.07) is 0. The maximum Gasteiger partial charge on any atom is 0.326 e. The predicted octanol–water partition coefficient (Wildman–Crippen LogP) is 1.81. The summed E-state index contributed by atoms with van der Waals surface area (Å²) in [6.45, 7) is 10.3. The molecule has 0 aliphatic carbocycles. The summed E-state index contributed by atoms with van der Waals surface area (Å²) in [7, 11) is 1.79. The van der Waals surface area contributed by atoms with Gasteiger partial charge in [0.2, 0.25) is 0 Å². The van der Waals surface area contributed by atoms with Crippen LogP contribution in [0.25, 0.3) is 0 Å². The topological polar surface area (TPSA) is 50.8 Å². The van der Waals surface area contributed by atoms with Crippen LogP contribution in [0.3, 0.4) is 0 Å². The minimum absolute atomic E-state index is 0.134. The van der Waals surface area contributed by atoms with Crippen molar-refractivity contribution in [2.24, 2.45) is 0 Å². The summed E-state index contributed by atoms with van der Waals surface area (Å²) in [5.41, 5.74) is -0.560. The van der Waals surface area contributed by atoms with E-state index in [0.717, 1.165) is 51.9 Å². The summed E-state index contributed by atoms with van der Waals surface area (Å²) in [6.07, 6.45) is 4.45. The molecule has 0 radical (unpaired) electrons. The SMILES string of the molecule is CCNC(C)(CCCN1CCC(OC)CC1)C(=O)OCC. The van der Waals surface area contributed by atoms with E-state index in [0.29, 0.717) is 12.7 Å². The second kappa shape index (κ2) is 9.38. The van der Waals surface area contributed by atoms with Crippen LogP contribution in [0.4, 0.5) is 0 Å². The molecule has 1 atom stereocenters. The summed E-state index contributed by atoms with van der Waals surface area (Å²) in [4.78, 5) is 14.6. The Balaban J connectivity index is 2.35. The predicted molar refractivity (Wildman–Crippen MR) is 84.4 cm³/mol. The van der Waals surface area contributed by atoms with Crippen LogP contribution in [-0.2, 0) is 14.3 Å². The number of ether oxygens (including phenoxy) is 2. The molecule has 0 aromatic heterocycles. The first-order valence-corrected chi connectivity index (χ1v) is 8.23. The molecule has 1 fully saturated rings. The Morgan fingerprint density at radius 2 is 2.00 bits per heavy atom. The lowest BCUT2D eigenvalue weighted by atomic mass is 9.95. The molecular formula is C16H32N2O3. The van der Waals surface area contributed by atoms with Crippen LogP contribution in [0, 0.1) is 0 Å². The molecule has 5 heteroatoms. The third kappa shape index (κ3) is 5.93. The normalized spacial score (nSPS) is 20.2. The standard InChI is InChI=1S/C16H32N2O3/c1-5-17-16(3,15(19)21-6-2)10-7-11-18-12-8-14(20-4)9-13-18/h14,17H,5-13H2,1-4H3. The Morgan fingerprint density at radius 3 is 2.52 bits per heavy atom. The highest BCUT2D eigenvalue weighted by molar-refractivity contribution is 5.80. The molecule has 124 valence electrons. The largest absolute Gasteiger partial charge is 0.465 e. The molecular weight excluding hydrogens is 268 g/mol. The highest BCUT2D eigenvalue weighted by Crippen LogP contribution is 2.18. The monoisotopic (exact) mass is 300 g/mol. The van der Waals surface area contributed by atoms with Gasteiger partial charge in [0.1, 0.15) is 5.54 Å². The van der Waals surface area contributed by atoms with Crippen molar-refractivity contribution in [1.29, 1.82) is 0 Å². The van der Waals surface area contributed by atoms with Gasteiger partial charge in [-0.25, -0.2) is 0 Å². The Kier molecular flexibility index (Phi) is 8.22. The quantitative estimate of drug-likeness (QED) is 0.658. The van der Waals surface area contributed by atoms with Crippen molar-refractivity contribution in [3.8, 4) is 0 Å². The van der Waals surface area contributed by atoms with Gasteiger partial charge in [0, 0.05) is 20.2 Å². The molecule has 5 nitrogen and oxygen atoms in total. The van der Waals surface area contributed by atoms with Crippen molar-refractivity contribution in [3.05, 3.63) is 0 Å². The van der Waals surface area contributed by atoms with E-state index in [-0.39, 0.29) is 5.97 Å². The third-order valence-corrected chi connectivity index (χ3v) is 4.31. The van der Waals surface area contributed by atoms with E-state index < -0.39 is 5.54 Å². The molecule has 1 aliphatic heterocycles. The molecule has 21 heavy (non-hydrogen) atoms. The zero-order chi connectivity index (χ0) is 15.7. The number of likely N-dealkylation sites (tertiary alicyclic amines) is 1. The lowest BCUT2D eigenvalue weighted by Gasteiger charge is -2.33. The van der Waals surface area contributed by atoms with Crippen molar-refractivity contribution in [3.63, 3.8) is 0 Å². The first-order chi connectivity index (χ1) is 10.1. The number of hydrogen-bond donors (Lipinski definition) is 1. The number of carbonyl (C=O) groups excluding carboxylic acids is 1. The zero-order valence-electron chi connectivity index (χ0n) is 14.1. The maximum absolute atomic E-state index is 12.1. The number of rotatable bonds is 9. The highest BCUT2D eigenvalue weighted by atomic mass is 16.5. The highest BCUT2D eigenvalue weighted by Gasteiger charge is 2.33. The Morgan fingerprint density at radius 1 is 1.33 bits per heavy atom. The minimum atomic E-state index is -0.560. The van der Waals surface area contributed by atoms with Crippen molar-refractivity contribution in [2.45, 2.75) is 58.1 Å². The Labute approximate surface area is 129 Å². The maximum atomic E-state index is 12.1. The molecule has 1 saturated heterocycles. The van der Waals surface area contributed by atoms with Gasteiger partial charge in [-0.2, -0.15) is 0 Å². The molecule has 0 bridgehead atoms. The zero-order valence-corrected chi connectivity index (χ0v) is 14.1. The van der Waals surface area contributed by atoms with Crippen LogP contribution in [0.15, 0.2) is 0 Å². The summed E-state index contributed by atoms with van der Waals surface area (Å²) >= 11 is 0. The summed E-state index contributed by atoms with van der Waals surface area (Å²) in [5, 5.41) is 3.28. The summed E-state index contributed by atoms with van der Waals surface area (Å²) in [5.74, 6) is -0.134. The molecule has 0 aromatic rings. The van der Waals surface area contributed by atoms with Crippen LogP contribution in [-0.4, -0.2) is 62.4 Å². The van der Waals surface area contributed by atoms with Gasteiger partial charge in [0.25, 0.3) is 0 Å². The van der Waals surface area contributed by atoms with E-state index in [2.05, 4.69) is 10.2 Å². The number of hydrogen-bond acceptors (Lipinski definition) is 5. The smallest absolute Gasteiger partial charge is 0.326 e. The van der Waals surface area contributed by atoms with Crippen molar-refractivity contribution in [2.75, 3.05) is 39.9 Å². The second-order valence-corrected chi connectivity index (χ2v) is 5.96. The van der Waals surface area contributed by atoms with Gasteiger partial charge in [0.05, 0.1) is 12.7 Å². The molecule has 1 aliphatic rings. The van der Waals surface area contributed by atoms with E-state index in [1.807, 2.05) is 20.8 Å². The Hall–Kier alpha value is -0.650. The molecule has 0 amide bonds. The van der Waals surface area contributed by atoms with Crippen LogP contribution in [0.2, 0.25) is 0 Å². The number of carbonyl (C=O) groups is 1. The second-order valence-electron chi connectivity index (χ2n) is 5.96. The van der Waals surface area contributed by atoms with Crippen LogP contribution in [0.5, 0.6) is 0 Å². The molecule has 1 rings (SSSR count). The van der Waals surface area contributed by atoms with E-state index in [9.17, 15) is 4.79 Å². The lowest BCUT2D eigenvalue weighted by Crippen LogP contribution is -2.51. The first-order valence-electron chi connectivity index (χ1n) is 8.23. The van der Waals surface area contributed by atoms with E-state index >= 15 is 0 Å². The van der Waals surface area contributed by atoms with Gasteiger partial charge >= 0.3 is 5.97 Å². The minimum Gasteiger partial charge on any atom is -0.465 e. The van der Waals surface area contributed by atoms with Crippen molar-refractivity contribution < 1.29 is 14.3 Å². The lowest BCUT2D eigenvalue weighted by molar-refractivity contribution is -0.150. The molecule has 0 spiro atoms. The molecule has 1 N–H and O–H groups in total. The molecule has 0 aromatic carbocycles. The number of esters is 1. The van der Waals surface area contributed by atoms with Gasteiger partial charge in [-0.3, -0.25) is 4.79 Å². The number of nitrogens with zero attached hydrogens (tertiary/aromatic N) is 1. The number of methoxy groups -OCH3 is 1. The van der Waals surface area contributed by atoms with E-state index in [4.69, 9.17) is 9.47 Å². The van der Waals surface area contributed by atoms with Gasteiger partial charge in [0.15, 0.2) is 0 Å².